The molecular formula is C12H10N4O4. The smallest absolute Gasteiger partial charge is 0.295 e. The Morgan fingerprint density at radius 2 is 2.20 bits per heavy atom. The summed E-state index contributed by atoms with van der Waals surface area (Å²) < 4.78 is 14.9. The average molecular weight is 274 g/mol. The predicted octanol–water partition coefficient (Wildman–Crippen LogP) is 0.871. The molecule has 2 heterocycles. The van der Waals surface area contributed by atoms with Gasteiger partial charge in [0.15, 0.2) is 17.2 Å². The minimum Gasteiger partial charge on any atom is -0.454 e. The van der Waals surface area contributed by atoms with Crippen LogP contribution >= 0.6 is 0 Å². The fourth-order valence-electron chi connectivity index (χ4n) is 1.65. The number of fused-ring (bicyclic) bond motifs is 1. The molecule has 1 amide bonds. The minimum absolute atomic E-state index is 0.104. The van der Waals surface area contributed by atoms with Gasteiger partial charge in [-0.15, -0.1) is 0 Å². The van der Waals surface area contributed by atoms with Gasteiger partial charge in [-0.1, -0.05) is 5.16 Å². The van der Waals surface area contributed by atoms with Crippen LogP contribution in [0.25, 0.3) is 0 Å². The number of hydrazone groups is 1. The number of hydrogen-bond donors (Lipinski definition) is 1. The SMILES string of the molecule is Cc1nonc1C(=O)N/N=C/c1ccc2c(c1)OCO2. The van der Waals surface area contributed by atoms with Crippen LogP contribution in [0, 0.1) is 6.92 Å². The van der Waals surface area contributed by atoms with E-state index < -0.39 is 5.91 Å². The Morgan fingerprint density at radius 3 is 3.00 bits per heavy atom. The zero-order valence-corrected chi connectivity index (χ0v) is 10.5. The lowest BCUT2D eigenvalue weighted by molar-refractivity contribution is 0.0945. The molecule has 1 aliphatic heterocycles. The van der Waals surface area contributed by atoms with E-state index in [1.807, 2.05) is 0 Å². The maximum Gasteiger partial charge on any atom is 0.295 e. The third kappa shape index (κ3) is 2.30. The summed E-state index contributed by atoms with van der Waals surface area (Å²) in [6.45, 7) is 1.83. The summed E-state index contributed by atoms with van der Waals surface area (Å²) in [7, 11) is 0. The van der Waals surface area contributed by atoms with Gasteiger partial charge in [0.1, 0.15) is 5.69 Å². The molecule has 1 aliphatic rings. The highest BCUT2D eigenvalue weighted by Crippen LogP contribution is 2.31. The van der Waals surface area contributed by atoms with Crippen LogP contribution in [0.4, 0.5) is 0 Å². The van der Waals surface area contributed by atoms with E-state index in [2.05, 4.69) is 25.5 Å². The molecular weight excluding hydrogens is 264 g/mol. The van der Waals surface area contributed by atoms with Crippen LogP contribution in [0.1, 0.15) is 21.7 Å². The number of amides is 1. The molecule has 1 aromatic carbocycles. The van der Waals surface area contributed by atoms with Crippen molar-refractivity contribution in [2.45, 2.75) is 6.92 Å². The Morgan fingerprint density at radius 1 is 1.35 bits per heavy atom. The predicted molar refractivity (Wildman–Crippen MR) is 66.7 cm³/mol. The highest BCUT2D eigenvalue weighted by atomic mass is 16.7. The Bertz CT molecular complexity index is 680. The number of nitrogens with zero attached hydrogens (tertiary/aromatic N) is 3. The van der Waals surface area contributed by atoms with Crippen LogP contribution in [-0.2, 0) is 0 Å². The van der Waals surface area contributed by atoms with Crippen molar-refractivity contribution in [3.05, 3.63) is 35.2 Å². The fraction of sp³-hybridized carbons (Fsp3) is 0.167. The van der Waals surface area contributed by atoms with Crippen molar-refractivity contribution in [3.63, 3.8) is 0 Å². The number of carbonyl (C=O) groups excluding carboxylic acids is 1. The molecule has 3 rings (SSSR count). The van der Waals surface area contributed by atoms with Gasteiger partial charge < -0.3 is 9.47 Å². The van der Waals surface area contributed by atoms with E-state index in [4.69, 9.17) is 9.47 Å². The molecule has 8 nitrogen and oxygen atoms in total. The van der Waals surface area contributed by atoms with Crippen molar-refractivity contribution in [1.82, 2.24) is 15.7 Å². The van der Waals surface area contributed by atoms with Crippen LogP contribution in [0.2, 0.25) is 0 Å². The van der Waals surface area contributed by atoms with Crippen molar-refractivity contribution in [2.24, 2.45) is 5.10 Å². The molecule has 0 aliphatic carbocycles. The van der Waals surface area contributed by atoms with E-state index in [0.29, 0.717) is 17.2 Å². The maximum atomic E-state index is 11.7. The molecule has 0 radical (unpaired) electrons. The van der Waals surface area contributed by atoms with Gasteiger partial charge in [0, 0.05) is 0 Å². The lowest BCUT2D eigenvalue weighted by Gasteiger charge is -1.98. The molecule has 0 fully saturated rings. The van der Waals surface area contributed by atoms with E-state index in [9.17, 15) is 4.79 Å². The number of aryl methyl sites for hydroxylation is 1. The van der Waals surface area contributed by atoms with Crippen LogP contribution in [0.15, 0.2) is 27.9 Å². The molecule has 2 aromatic rings. The molecule has 0 atom stereocenters. The van der Waals surface area contributed by atoms with Gasteiger partial charge in [0.25, 0.3) is 5.91 Å². The third-order valence-electron chi connectivity index (χ3n) is 2.64. The first-order chi connectivity index (χ1) is 9.74. The number of nitrogens with one attached hydrogen (secondary N) is 1. The van der Waals surface area contributed by atoms with E-state index >= 15 is 0 Å². The Kier molecular flexibility index (Phi) is 3.04. The largest absolute Gasteiger partial charge is 0.454 e. The molecule has 0 saturated heterocycles. The van der Waals surface area contributed by atoms with E-state index in [-0.39, 0.29) is 12.5 Å². The summed E-state index contributed by atoms with van der Waals surface area (Å²) in [5, 5.41) is 10.8. The van der Waals surface area contributed by atoms with Gasteiger partial charge in [-0.25, -0.2) is 10.1 Å². The zero-order chi connectivity index (χ0) is 13.9. The summed E-state index contributed by atoms with van der Waals surface area (Å²) in [6, 6.07) is 5.34. The summed E-state index contributed by atoms with van der Waals surface area (Å²) in [6.07, 6.45) is 1.49. The highest BCUT2D eigenvalue weighted by Gasteiger charge is 2.14. The standard InChI is InChI=1S/C12H10N4O4/c1-7-11(16-20-15-7)12(17)14-13-5-8-2-3-9-10(4-8)19-6-18-9/h2-5H,6H2,1H3,(H,14,17)/b13-5+. The second kappa shape index (κ2) is 5.00. The number of benzene rings is 1. The van der Waals surface area contributed by atoms with Gasteiger partial charge >= 0.3 is 0 Å². The first kappa shape index (κ1) is 12.2. The van der Waals surface area contributed by atoms with Crippen LogP contribution in [0.3, 0.4) is 0 Å². The highest BCUT2D eigenvalue weighted by molar-refractivity contribution is 5.93. The number of ether oxygens (including phenoxy) is 2. The van der Waals surface area contributed by atoms with Crippen LogP contribution in [0.5, 0.6) is 11.5 Å². The molecule has 8 heteroatoms. The van der Waals surface area contributed by atoms with Crippen molar-refractivity contribution in [2.75, 3.05) is 6.79 Å². The fourth-order valence-corrected chi connectivity index (χ4v) is 1.65. The quantitative estimate of drug-likeness (QED) is 0.658. The van der Waals surface area contributed by atoms with Gasteiger partial charge in [0.05, 0.1) is 6.21 Å². The van der Waals surface area contributed by atoms with E-state index in [1.165, 1.54) is 6.21 Å². The monoisotopic (exact) mass is 274 g/mol. The van der Waals surface area contributed by atoms with Crippen LogP contribution in [-0.4, -0.2) is 29.2 Å². The van der Waals surface area contributed by atoms with Gasteiger partial charge in [-0.3, -0.25) is 4.79 Å². The number of hydrogen-bond acceptors (Lipinski definition) is 7. The van der Waals surface area contributed by atoms with Gasteiger partial charge in [-0.2, -0.15) is 5.10 Å². The lowest BCUT2D eigenvalue weighted by Crippen LogP contribution is -2.19. The Labute approximate surface area is 113 Å². The lowest BCUT2D eigenvalue weighted by atomic mass is 10.2. The first-order valence-corrected chi connectivity index (χ1v) is 5.76. The normalized spacial score (nSPS) is 12.8. The Balaban J connectivity index is 1.66. The molecule has 102 valence electrons. The Hall–Kier alpha value is -2.90. The topological polar surface area (TPSA) is 98.8 Å². The molecule has 0 bridgehead atoms. The van der Waals surface area contributed by atoms with Crippen LogP contribution < -0.4 is 14.9 Å². The molecule has 0 saturated carbocycles. The maximum absolute atomic E-state index is 11.7. The third-order valence-corrected chi connectivity index (χ3v) is 2.64. The minimum atomic E-state index is -0.485. The summed E-state index contributed by atoms with van der Waals surface area (Å²) in [5.41, 5.74) is 3.61. The van der Waals surface area contributed by atoms with Crippen molar-refractivity contribution < 1.29 is 18.9 Å². The average Bonchev–Trinajstić information content (AvgIpc) is 3.06. The van der Waals surface area contributed by atoms with Crippen molar-refractivity contribution >= 4 is 12.1 Å². The first-order valence-electron chi connectivity index (χ1n) is 5.76. The van der Waals surface area contributed by atoms with Crippen molar-refractivity contribution in [1.29, 1.82) is 0 Å². The second-order valence-electron chi connectivity index (χ2n) is 4.01. The van der Waals surface area contributed by atoms with E-state index in [1.54, 1.807) is 25.1 Å². The molecule has 20 heavy (non-hydrogen) atoms. The van der Waals surface area contributed by atoms with Gasteiger partial charge in [-0.05, 0) is 35.8 Å². The summed E-state index contributed by atoms with van der Waals surface area (Å²) in [5.74, 6) is 0.855. The summed E-state index contributed by atoms with van der Waals surface area (Å²) in [4.78, 5) is 11.7. The molecule has 1 N–H and O–H groups in total. The number of carbonyl (C=O) groups is 1. The van der Waals surface area contributed by atoms with Crippen molar-refractivity contribution in [3.8, 4) is 11.5 Å². The summed E-state index contributed by atoms with van der Waals surface area (Å²) >= 11 is 0. The number of aromatic nitrogens is 2. The van der Waals surface area contributed by atoms with Gasteiger partial charge in [0.2, 0.25) is 6.79 Å². The molecule has 1 aromatic heterocycles. The number of rotatable bonds is 3. The zero-order valence-electron chi connectivity index (χ0n) is 10.5. The van der Waals surface area contributed by atoms with E-state index in [0.717, 1.165) is 5.56 Å². The molecule has 0 spiro atoms. The second-order valence-corrected chi connectivity index (χ2v) is 4.01. The molecule has 0 unspecified atom stereocenters.